The van der Waals surface area contributed by atoms with E-state index in [1.165, 1.54) is 66.1 Å². The lowest BCUT2D eigenvalue weighted by Gasteiger charge is -2.32. The second kappa shape index (κ2) is 8.99. The van der Waals surface area contributed by atoms with Crippen molar-refractivity contribution in [1.82, 2.24) is 9.97 Å². The van der Waals surface area contributed by atoms with E-state index in [4.69, 9.17) is 4.98 Å². The molecule has 0 fully saturated rings. The molecular formula is C45H26N2. The van der Waals surface area contributed by atoms with Crippen molar-refractivity contribution in [2.24, 2.45) is 0 Å². The molecule has 0 saturated heterocycles. The molecule has 0 atom stereocenters. The van der Waals surface area contributed by atoms with Crippen molar-refractivity contribution in [1.29, 1.82) is 0 Å². The van der Waals surface area contributed by atoms with Crippen molar-refractivity contribution < 1.29 is 0 Å². The lowest BCUT2D eigenvalue weighted by molar-refractivity contribution is 0.809. The van der Waals surface area contributed by atoms with Crippen LogP contribution in [0.4, 0.5) is 0 Å². The number of aromatic nitrogens is 2. The lowest BCUT2D eigenvalue weighted by atomic mass is 9.68. The first kappa shape index (κ1) is 25.1. The van der Waals surface area contributed by atoms with Crippen molar-refractivity contribution in [3.05, 3.63) is 180 Å². The summed E-state index contributed by atoms with van der Waals surface area (Å²) < 4.78 is 0. The summed E-state index contributed by atoms with van der Waals surface area (Å²) in [6.07, 6.45) is 1.85. The van der Waals surface area contributed by atoms with Crippen LogP contribution in [0.3, 0.4) is 0 Å². The number of hydrogen-bond donors (Lipinski definition) is 0. The Bertz CT molecular complexity index is 2760. The van der Waals surface area contributed by atoms with Gasteiger partial charge in [-0.05, 0) is 84.3 Å². The summed E-state index contributed by atoms with van der Waals surface area (Å²) in [5.74, 6) is 0. The molecule has 7 aromatic carbocycles. The fourth-order valence-corrected chi connectivity index (χ4v) is 8.80. The summed E-state index contributed by atoms with van der Waals surface area (Å²) in [4.78, 5) is 9.88. The summed E-state index contributed by atoms with van der Waals surface area (Å²) >= 11 is 0. The van der Waals surface area contributed by atoms with Gasteiger partial charge in [0.25, 0.3) is 0 Å². The molecule has 1 spiro atoms. The SMILES string of the molecule is c1ccc2c(c1)-c1ccccc1C21c2c(ccc3ccccc23)-c2ccc3cc(-c4ccc5ccc6cccnc6c5n4)ccc3c21. The lowest BCUT2D eigenvalue weighted by Crippen LogP contribution is -2.26. The highest BCUT2D eigenvalue weighted by Crippen LogP contribution is 2.65. The molecule has 0 saturated carbocycles. The molecule has 0 radical (unpaired) electrons. The molecule has 2 heterocycles. The normalized spacial score (nSPS) is 13.7. The van der Waals surface area contributed by atoms with Crippen molar-refractivity contribution >= 4 is 43.4 Å². The molecule has 0 unspecified atom stereocenters. The first-order valence-corrected chi connectivity index (χ1v) is 16.2. The predicted molar refractivity (Wildman–Crippen MR) is 194 cm³/mol. The average Bonchev–Trinajstić information content (AvgIpc) is 3.62. The van der Waals surface area contributed by atoms with Gasteiger partial charge in [-0.15, -0.1) is 0 Å². The average molecular weight is 595 g/mol. The van der Waals surface area contributed by atoms with Gasteiger partial charge in [0.1, 0.15) is 0 Å². The van der Waals surface area contributed by atoms with Gasteiger partial charge in [-0.25, -0.2) is 4.98 Å². The number of fused-ring (bicyclic) bond motifs is 17. The van der Waals surface area contributed by atoms with Gasteiger partial charge in [0.05, 0.1) is 22.1 Å². The Balaban J connectivity index is 1.22. The van der Waals surface area contributed by atoms with Crippen LogP contribution in [-0.4, -0.2) is 9.97 Å². The van der Waals surface area contributed by atoms with Gasteiger partial charge >= 0.3 is 0 Å². The van der Waals surface area contributed by atoms with E-state index in [1.807, 2.05) is 12.3 Å². The Morgan fingerprint density at radius 1 is 0.404 bits per heavy atom. The molecule has 2 aliphatic rings. The number of nitrogens with zero attached hydrogens (tertiary/aromatic N) is 2. The minimum atomic E-state index is -0.425. The molecule has 2 aromatic heterocycles. The third-order valence-electron chi connectivity index (χ3n) is 10.7. The second-order valence-corrected chi connectivity index (χ2v) is 12.9. The second-order valence-electron chi connectivity index (χ2n) is 12.9. The molecule has 216 valence electrons. The van der Waals surface area contributed by atoms with Crippen molar-refractivity contribution in [2.75, 3.05) is 0 Å². The summed E-state index contributed by atoms with van der Waals surface area (Å²) in [7, 11) is 0. The van der Waals surface area contributed by atoms with E-state index < -0.39 is 5.41 Å². The summed E-state index contributed by atoms with van der Waals surface area (Å²) in [6.45, 7) is 0. The maximum absolute atomic E-state index is 5.19. The van der Waals surface area contributed by atoms with E-state index in [1.54, 1.807) is 0 Å². The first-order valence-electron chi connectivity index (χ1n) is 16.2. The summed E-state index contributed by atoms with van der Waals surface area (Å²) in [5.41, 5.74) is 14.3. The number of benzene rings is 7. The van der Waals surface area contributed by atoms with Gasteiger partial charge < -0.3 is 0 Å². The van der Waals surface area contributed by atoms with E-state index in [-0.39, 0.29) is 0 Å². The Morgan fingerprint density at radius 2 is 1.00 bits per heavy atom. The molecule has 2 aliphatic carbocycles. The molecule has 47 heavy (non-hydrogen) atoms. The van der Waals surface area contributed by atoms with Gasteiger partial charge in [0, 0.05) is 22.5 Å². The van der Waals surface area contributed by atoms with E-state index in [0.29, 0.717) is 0 Å². The Kier molecular flexibility index (Phi) is 4.80. The molecule has 11 rings (SSSR count). The van der Waals surface area contributed by atoms with E-state index in [0.717, 1.165) is 33.1 Å². The standard InChI is InChI=1S/C45H26N2/c1-2-10-32-27(8-1)17-22-36-37-23-18-30-26-31(40-24-20-29-16-15-28-9-7-25-46-43(28)44(29)47-40)19-21-33(30)42(37)45(41(32)36)38-13-5-3-11-34(38)35-12-4-6-14-39(35)45/h1-26H. The number of hydrogen-bond acceptors (Lipinski definition) is 2. The maximum atomic E-state index is 5.19. The van der Waals surface area contributed by atoms with Crippen LogP contribution in [0.5, 0.6) is 0 Å². The largest absolute Gasteiger partial charge is 0.254 e. The minimum Gasteiger partial charge on any atom is -0.254 e. The van der Waals surface area contributed by atoms with E-state index in [9.17, 15) is 0 Å². The molecule has 0 amide bonds. The number of pyridine rings is 2. The van der Waals surface area contributed by atoms with Gasteiger partial charge in [0.2, 0.25) is 0 Å². The smallest absolute Gasteiger partial charge is 0.0972 e. The van der Waals surface area contributed by atoms with Crippen LogP contribution in [0.15, 0.2) is 158 Å². The van der Waals surface area contributed by atoms with Crippen LogP contribution < -0.4 is 0 Å². The van der Waals surface area contributed by atoms with Gasteiger partial charge in [0.15, 0.2) is 0 Å². The topological polar surface area (TPSA) is 25.8 Å². The zero-order valence-corrected chi connectivity index (χ0v) is 25.4. The zero-order valence-electron chi connectivity index (χ0n) is 25.4. The Morgan fingerprint density at radius 3 is 1.79 bits per heavy atom. The van der Waals surface area contributed by atoms with E-state index in [2.05, 4.69) is 151 Å². The van der Waals surface area contributed by atoms with Crippen molar-refractivity contribution in [2.45, 2.75) is 5.41 Å². The minimum absolute atomic E-state index is 0.425. The van der Waals surface area contributed by atoms with Crippen LogP contribution in [0.1, 0.15) is 22.3 Å². The molecular weight excluding hydrogens is 569 g/mol. The molecule has 9 aromatic rings. The van der Waals surface area contributed by atoms with E-state index >= 15 is 0 Å². The van der Waals surface area contributed by atoms with Gasteiger partial charge in [-0.1, -0.05) is 133 Å². The van der Waals surface area contributed by atoms with Crippen LogP contribution in [0.2, 0.25) is 0 Å². The van der Waals surface area contributed by atoms with Crippen molar-refractivity contribution in [3.8, 4) is 33.5 Å². The van der Waals surface area contributed by atoms with Crippen LogP contribution in [0.25, 0.3) is 76.9 Å². The third kappa shape index (κ3) is 3.15. The van der Waals surface area contributed by atoms with Crippen LogP contribution >= 0.6 is 0 Å². The van der Waals surface area contributed by atoms with Gasteiger partial charge in [-0.3, -0.25) is 4.98 Å². The summed E-state index contributed by atoms with van der Waals surface area (Å²) in [5, 5.41) is 7.30. The highest BCUT2D eigenvalue weighted by Gasteiger charge is 2.53. The maximum Gasteiger partial charge on any atom is 0.0972 e. The molecule has 0 aliphatic heterocycles. The molecule has 2 nitrogen and oxygen atoms in total. The third-order valence-corrected chi connectivity index (χ3v) is 10.7. The molecule has 0 bridgehead atoms. The van der Waals surface area contributed by atoms with Crippen LogP contribution in [-0.2, 0) is 5.41 Å². The molecule has 2 heteroatoms. The quantitative estimate of drug-likeness (QED) is 0.177. The van der Waals surface area contributed by atoms with Crippen LogP contribution in [0, 0.1) is 0 Å². The number of rotatable bonds is 1. The molecule has 0 N–H and O–H groups in total. The summed E-state index contributed by atoms with van der Waals surface area (Å²) in [6, 6.07) is 55.9. The highest BCUT2D eigenvalue weighted by atomic mass is 14.8. The Labute approximate surface area is 271 Å². The monoisotopic (exact) mass is 594 g/mol. The predicted octanol–water partition coefficient (Wildman–Crippen LogP) is 11.1. The van der Waals surface area contributed by atoms with Gasteiger partial charge in [-0.2, -0.15) is 0 Å². The Hall–Kier alpha value is -6.12. The zero-order chi connectivity index (χ0) is 30.7. The highest BCUT2D eigenvalue weighted by molar-refractivity contribution is 6.09. The van der Waals surface area contributed by atoms with Crippen molar-refractivity contribution in [3.63, 3.8) is 0 Å². The fraction of sp³-hybridized carbons (Fsp3) is 0.0222. The fourth-order valence-electron chi connectivity index (χ4n) is 8.80. The first-order chi connectivity index (χ1) is 23.3.